The van der Waals surface area contributed by atoms with Gasteiger partial charge in [-0.1, -0.05) is 29.3 Å². The van der Waals surface area contributed by atoms with Crippen molar-refractivity contribution >= 4 is 34.9 Å². The second-order valence-corrected chi connectivity index (χ2v) is 4.24. The maximum absolute atomic E-state index is 12.0. The van der Waals surface area contributed by atoms with Crippen molar-refractivity contribution in [1.82, 2.24) is 15.2 Å². The molecule has 0 radical (unpaired) electrons. The molecule has 0 aromatic carbocycles. The van der Waals surface area contributed by atoms with Gasteiger partial charge < -0.3 is 5.32 Å². The number of nitrogens with zero attached hydrogens (tertiary/aromatic N) is 3. The summed E-state index contributed by atoms with van der Waals surface area (Å²) in [5.41, 5.74) is 0.997. The molecule has 0 unspecified atom stereocenters. The van der Waals surface area contributed by atoms with Gasteiger partial charge in [0.1, 0.15) is 5.82 Å². The van der Waals surface area contributed by atoms with Gasteiger partial charge in [-0.05, 0) is 24.6 Å². The summed E-state index contributed by atoms with van der Waals surface area (Å²) in [5, 5.41) is 9.82. The summed E-state index contributed by atoms with van der Waals surface area (Å²) in [6, 6.07) is 4.97. The van der Waals surface area contributed by atoms with Gasteiger partial charge in [0.25, 0.3) is 5.91 Å². The minimum Gasteiger partial charge on any atom is -0.306 e. The Morgan fingerprint density at radius 3 is 2.83 bits per heavy atom. The fourth-order valence-corrected chi connectivity index (χ4v) is 1.63. The number of carbonyl (C=O) groups excluding carboxylic acids is 1. The average Bonchev–Trinajstić information content (AvgIpc) is 2.35. The molecule has 2 rings (SSSR count). The molecule has 2 aromatic rings. The number of carbonyl (C=O) groups is 1. The Balaban J connectivity index is 2.28. The highest BCUT2D eigenvalue weighted by molar-refractivity contribution is 6.34. The predicted molar refractivity (Wildman–Crippen MR) is 69.0 cm³/mol. The first-order valence-electron chi connectivity index (χ1n) is 4.99. The predicted octanol–water partition coefficient (Wildman–Crippen LogP) is 2.74. The molecule has 7 heteroatoms. The fourth-order valence-electron chi connectivity index (χ4n) is 1.30. The lowest BCUT2D eigenvalue weighted by molar-refractivity contribution is 0.102. The van der Waals surface area contributed by atoms with Crippen LogP contribution < -0.4 is 5.32 Å². The molecular weight excluding hydrogens is 275 g/mol. The molecule has 0 saturated carbocycles. The number of anilines is 1. The van der Waals surface area contributed by atoms with E-state index < -0.39 is 5.91 Å². The summed E-state index contributed by atoms with van der Waals surface area (Å²) >= 11 is 11.5. The largest absolute Gasteiger partial charge is 0.306 e. The van der Waals surface area contributed by atoms with E-state index in [2.05, 4.69) is 20.5 Å². The maximum atomic E-state index is 12.0. The number of amides is 1. The molecule has 1 amide bonds. The Bertz CT molecular complexity index is 603. The fraction of sp³-hybridized carbons (Fsp3) is 0.0909. The van der Waals surface area contributed by atoms with Gasteiger partial charge in [0.05, 0.1) is 5.56 Å². The Morgan fingerprint density at radius 1 is 1.33 bits per heavy atom. The summed E-state index contributed by atoms with van der Waals surface area (Å²) in [6.07, 6.45) is 1.59. The third-order valence-corrected chi connectivity index (χ3v) is 2.67. The minimum absolute atomic E-state index is 0.00881. The quantitative estimate of drug-likeness (QED) is 0.920. The maximum Gasteiger partial charge on any atom is 0.260 e. The first-order chi connectivity index (χ1) is 8.58. The molecule has 0 atom stereocenters. The van der Waals surface area contributed by atoms with Crippen LogP contribution in [0.25, 0.3) is 0 Å². The lowest BCUT2D eigenvalue weighted by Gasteiger charge is -2.07. The van der Waals surface area contributed by atoms with E-state index in [1.807, 2.05) is 13.0 Å². The van der Waals surface area contributed by atoms with Gasteiger partial charge in [-0.2, -0.15) is 0 Å². The van der Waals surface area contributed by atoms with E-state index >= 15 is 0 Å². The molecule has 2 heterocycles. The number of aromatic nitrogens is 3. The Kier molecular flexibility index (Phi) is 3.74. The van der Waals surface area contributed by atoms with E-state index in [0.29, 0.717) is 5.82 Å². The van der Waals surface area contributed by atoms with Gasteiger partial charge in [0.2, 0.25) is 0 Å². The zero-order valence-corrected chi connectivity index (χ0v) is 10.8. The Labute approximate surface area is 113 Å². The van der Waals surface area contributed by atoms with Crippen molar-refractivity contribution in [3.63, 3.8) is 0 Å². The SMILES string of the molecule is Cc1cccnc1NC(=O)c1cc(Cl)nnc1Cl. The van der Waals surface area contributed by atoms with Crippen LogP contribution in [0.15, 0.2) is 24.4 Å². The van der Waals surface area contributed by atoms with Crippen molar-refractivity contribution in [3.8, 4) is 0 Å². The van der Waals surface area contributed by atoms with Crippen molar-refractivity contribution in [2.45, 2.75) is 6.92 Å². The van der Waals surface area contributed by atoms with Gasteiger partial charge in [-0.3, -0.25) is 4.79 Å². The molecule has 18 heavy (non-hydrogen) atoms. The van der Waals surface area contributed by atoms with Gasteiger partial charge in [-0.15, -0.1) is 10.2 Å². The lowest BCUT2D eigenvalue weighted by Crippen LogP contribution is -2.15. The summed E-state index contributed by atoms with van der Waals surface area (Å²) in [4.78, 5) is 16.0. The average molecular weight is 283 g/mol. The summed E-state index contributed by atoms with van der Waals surface area (Å²) < 4.78 is 0. The van der Waals surface area contributed by atoms with E-state index in [1.54, 1.807) is 12.3 Å². The standard InChI is InChI=1S/C11H8Cl2N4O/c1-6-3-2-4-14-10(6)15-11(18)7-5-8(12)16-17-9(7)13/h2-5H,1H3,(H,14,15,18). The molecule has 92 valence electrons. The first kappa shape index (κ1) is 12.7. The van der Waals surface area contributed by atoms with Crippen LogP contribution in [0.4, 0.5) is 5.82 Å². The van der Waals surface area contributed by atoms with Crippen LogP contribution in [-0.2, 0) is 0 Å². The molecule has 0 aliphatic heterocycles. The second kappa shape index (κ2) is 5.29. The topological polar surface area (TPSA) is 67.8 Å². The van der Waals surface area contributed by atoms with Crippen LogP contribution in [0.2, 0.25) is 10.3 Å². The molecule has 0 spiro atoms. The van der Waals surface area contributed by atoms with Crippen molar-refractivity contribution in [2.75, 3.05) is 5.32 Å². The molecule has 2 aromatic heterocycles. The van der Waals surface area contributed by atoms with E-state index in [9.17, 15) is 4.79 Å². The van der Waals surface area contributed by atoms with E-state index in [4.69, 9.17) is 23.2 Å². The van der Waals surface area contributed by atoms with Crippen molar-refractivity contribution in [2.24, 2.45) is 0 Å². The summed E-state index contributed by atoms with van der Waals surface area (Å²) in [7, 11) is 0. The van der Waals surface area contributed by atoms with Crippen molar-refractivity contribution in [3.05, 3.63) is 45.8 Å². The normalized spacial score (nSPS) is 10.2. The van der Waals surface area contributed by atoms with Crippen LogP contribution in [-0.4, -0.2) is 21.1 Å². The monoisotopic (exact) mass is 282 g/mol. The number of rotatable bonds is 2. The molecule has 0 aliphatic carbocycles. The minimum atomic E-state index is -0.432. The van der Waals surface area contributed by atoms with Gasteiger partial charge in [-0.25, -0.2) is 4.98 Å². The van der Waals surface area contributed by atoms with Crippen LogP contribution in [0.3, 0.4) is 0 Å². The molecule has 5 nitrogen and oxygen atoms in total. The molecule has 0 aliphatic rings. The van der Waals surface area contributed by atoms with E-state index in [1.165, 1.54) is 6.07 Å². The zero-order valence-electron chi connectivity index (χ0n) is 9.32. The van der Waals surface area contributed by atoms with E-state index in [-0.39, 0.29) is 15.9 Å². The second-order valence-electron chi connectivity index (χ2n) is 3.49. The highest BCUT2D eigenvalue weighted by Crippen LogP contribution is 2.17. The van der Waals surface area contributed by atoms with Crippen molar-refractivity contribution in [1.29, 1.82) is 0 Å². The van der Waals surface area contributed by atoms with Gasteiger partial charge >= 0.3 is 0 Å². The number of pyridine rings is 1. The number of aryl methyl sites for hydroxylation is 1. The molecule has 0 fully saturated rings. The number of halogens is 2. The van der Waals surface area contributed by atoms with Crippen LogP contribution in [0, 0.1) is 6.92 Å². The summed E-state index contributed by atoms with van der Waals surface area (Å²) in [5.74, 6) is 0.0325. The molecule has 0 bridgehead atoms. The molecule has 0 saturated heterocycles. The summed E-state index contributed by atoms with van der Waals surface area (Å²) in [6.45, 7) is 1.84. The Morgan fingerprint density at radius 2 is 2.11 bits per heavy atom. The number of nitrogens with one attached hydrogen (secondary N) is 1. The van der Waals surface area contributed by atoms with Gasteiger partial charge in [0.15, 0.2) is 10.3 Å². The van der Waals surface area contributed by atoms with Gasteiger partial charge in [0, 0.05) is 6.20 Å². The lowest BCUT2D eigenvalue weighted by atomic mass is 10.2. The van der Waals surface area contributed by atoms with E-state index in [0.717, 1.165) is 5.56 Å². The molecule has 1 N–H and O–H groups in total. The first-order valence-corrected chi connectivity index (χ1v) is 5.75. The zero-order chi connectivity index (χ0) is 13.1. The third kappa shape index (κ3) is 2.75. The van der Waals surface area contributed by atoms with Crippen LogP contribution in [0.5, 0.6) is 0 Å². The smallest absolute Gasteiger partial charge is 0.260 e. The van der Waals surface area contributed by atoms with Crippen LogP contribution in [0.1, 0.15) is 15.9 Å². The number of hydrogen-bond acceptors (Lipinski definition) is 4. The highest BCUT2D eigenvalue weighted by atomic mass is 35.5. The highest BCUT2D eigenvalue weighted by Gasteiger charge is 2.14. The van der Waals surface area contributed by atoms with Crippen molar-refractivity contribution < 1.29 is 4.79 Å². The number of hydrogen-bond donors (Lipinski definition) is 1. The third-order valence-electron chi connectivity index (χ3n) is 2.21. The molecular formula is C11H8Cl2N4O. The van der Waals surface area contributed by atoms with Crippen LogP contribution >= 0.6 is 23.2 Å². The Hall–Kier alpha value is -1.72.